The van der Waals surface area contributed by atoms with Gasteiger partial charge in [-0.25, -0.2) is 0 Å². The van der Waals surface area contributed by atoms with Crippen LogP contribution in [0, 0.1) is 0 Å². The van der Waals surface area contributed by atoms with Crippen LogP contribution in [-0.4, -0.2) is 24.0 Å². The van der Waals surface area contributed by atoms with Gasteiger partial charge in [-0.05, 0) is 11.6 Å². The van der Waals surface area contributed by atoms with Gasteiger partial charge in [-0.2, -0.15) is 13.2 Å². The first-order valence-corrected chi connectivity index (χ1v) is 4.48. The first-order valence-electron chi connectivity index (χ1n) is 4.48. The highest BCUT2D eigenvalue weighted by atomic mass is 19.4. The Bertz CT molecular complexity index is 390. The Hall–Kier alpha value is -1.72. The Balaban J connectivity index is 2.76. The number of anilines is 1. The number of amides is 1. The molecule has 88 valence electrons. The van der Waals surface area contributed by atoms with Gasteiger partial charge in [0.2, 0.25) is 0 Å². The van der Waals surface area contributed by atoms with Crippen LogP contribution in [0.1, 0.15) is 5.56 Å². The summed E-state index contributed by atoms with van der Waals surface area (Å²) >= 11 is 0. The zero-order chi connectivity index (χ0) is 12.3. The van der Waals surface area contributed by atoms with Gasteiger partial charge in [-0.15, -0.1) is 0 Å². The lowest BCUT2D eigenvalue weighted by Crippen LogP contribution is -2.38. The van der Waals surface area contributed by atoms with E-state index in [1.165, 1.54) is 0 Å². The second-order valence-electron chi connectivity index (χ2n) is 3.36. The number of nitrogens with two attached hydrogens (primary N) is 1. The molecule has 1 aromatic rings. The van der Waals surface area contributed by atoms with Gasteiger partial charge in [0.15, 0.2) is 0 Å². The number of nitrogen functional groups attached to an aromatic ring is 1. The molecule has 2 N–H and O–H groups in total. The number of hydrogen-bond donors (Lipinski definition) is 1. The maximum Gasteiger partial charge on any atom is 0.471 e. The van der Waals surface area contributed by atoms with Crippen molar-refractivity contribution in [2.75, 3.05) is 12.8 Å². The van der Waals surface area contributed by atoms with E-state index < -0.39 is 12.1 Å². The normalized spacial score (nSPS) is 11.2. The summed E-state index contributed by atoms with van der Waals surface area (Å²) in [4.78, 5) is 11.4. The molecule has 3 nitrogen and oxygen atoms in total. The molecule has 0 spiro atoms. The summed E-state index contributed by atoms with van der Waals surface area (Å²) in [7, 11) is 1.09. The molecule has 0 atom stereocenters. The highest BCUT2D eigenvalue weighted by molar-refractivity contribution is 5.81. The maximum atomic E-state index is 12.1. The van der Waals surface area contributed by atoms with Crippen LogP contribution in [0.3, 0.4) is 0 Å². The molecule has 0 aliphatic heterocycles. The molecule has 0 fully saturated rings. The lowest BCUT2D eigenvalue weighted by molar-refractivity contribution is -0.184. The van der Waals surface area contributed by atoms with E-state index in [-0.39, 0.29) is 6.54 Å². The van der Waals surface area contributed by atoms with Crippen molar-refractivity contribution in [2.24, 2.45) is 0 Å². The summed E-state index contributed by atoms with van der Waals surface area (Å²) in [6.45, 7) is -0.162. The van der Waals surface area contributed by atoms with Crippen LogP contribution >= 0.6 is 0 Å². The summed E-state index contributed by atoms with van der Waals surface area (Å²) in [6.07, 6.45) is -4.85. The lowest BCUT2D eigenvalue weighted by atomic mass is 10.2. The van der Waals surface area contributed by atoms with Crippen LogP contribution in [0.25, 0.3) is 0 Å². The van der Waals surface area contributed by atoms with Crippen LogP contribution in [0.2, 0.25) is 0 Å². The minimum atomic E-state index is -4.85. The molecule has 1 amide bonds. The number of nitrogens with zero attached hydrogens (tertiary/aromatic N) is 1. The quantitative estimate of drug-likeness (QED) is 0.790. The zero-order valence-corrected chi connectivity index (χ0v) is 8.58. The molecule has 0 aliphatic rings. The third-order valence-electron chi connectivity index (χ3n) is 2.05. The predicted octanol–water partition coefficient (Wildman–Crippen LogP) is 1.79. The van der Waals surface area contributed by atoms with Crippen molar-refractivity contribution >= 4 is 11.6 Å². The number of carbonyl (C=O) groups is 1. The fourth-order valence-electron chi connectivity index (χ4n) is 1.22. The Morgan fingerprint density at radius 3 is 2.44 bits per heavy atom. The number of para-hydroxylation sites is 1. The molecular formula is C10H11F3N2O. The van der Waals surface area contributed by atoms with Gasteiger partial charge in [-0.3, -0.25) is 4.79 Å². The third kappa shape index (κ3) is 2.88. The Morgan fingerprint density at radius 1 is 1.38 bits per heavy atom. The third-order valence-corrected chi connectivity index (χ3v) is 2.05. The summed E-state index contributed by atoms with van der Waals surface area (Å²) in [6, 6.07) is 6.47. The average molecular weight is 232 g/mol. The SMILES string of the molecule is CN(Cc1ccccc1N)C(=O)C(F)(F)F. The van der Waals surface area contributed by atoms with Crippen LogP contribution in [-0.2, 0) is 11.3 Å². The van der Waals surface area contributed by atoms with Crippen molar-refractivity contribution in [3.63, 3.8) is 0 Å². The number of benzene rings is 1. The summed E-state index contributed by atoms with van der Waals surface area (Å²) in [5.74, 6) is -1.88. The van der Waals surface area contributed by atoms with Gasteiger partial charge in [0.05, 0.1) is 0 Å². The van der Waals surface area contributed by atoms with Crippen molar-refractivity contribution in [1.29, 1.82) is 0 Å². The van der Waals surface area contributed by atoms with Gasteiger partial charge >= 0.3 is 12.1 Å². The second kappa shape index (κ2) is 4.42. The highest BCUT2D eigenvalue weighted by Crippen LogP contribution is 2.20. The summed E-state index contributed by atoms with van der Waals surface area (Å²) in [5, 5.41) is 0. The molecule has 0 heterocycles. The van der Waals surface area contributed by atoms with E-state index in [0.29, 0.717) is 16.2 Å². The summed E-state index contributed by atoms with van der Waals surface area (Å²) in [5.41, 5.74) is 6.41. The Labute approximate surface area is 90.6 Å². The van der Waals surface area contributed by atoms with Crippen molar-refractivity contribution in [1.82, 2.24) is 4.90 Å². The first kappa shape index (κ1) is 12.4. The van der Waals surface area contributed by atoms with E-state index in [4.69, 9.17) is 5.73 Å². The van der Waals surface area contributed by atoms with Gasteiger partial charge in [-0.1, -0.05) is 18.2 Å². The average Bonchev–Trinajstić information content (AvgIpc) is 2.19. The molecule has 1 rings (SSSR count). The summed E-state index contributed by atoms with van der Waals surface area (Å²) < 4.78 is 36.2. The number of carbonyl (C=O) groups excluding carboxylic acids is 1. The van der Waals surface area contributed by atoms with Crippen LogP contribution in [0.4, 0.5) is 18.9 Å². The molecule has 0 aromatic heterocycles. The van der Waals surface area contributed by atoms with Crippen LogP contribution in [0.5, 0.6) is 0 Å². The number of rotatable bonds is 2. The second-order valence-corrected chi connectivity index (χ2v) is 3.36. The number of hydrogen-bond acceptors (Lipinski definition) is 2. The van der Waals surface area contributed by atoms with E-state index in [0.717, 1.165) is 7.05 Å². The van der Waals surface area contributed by atoms with Gasteiger partial charge in [0.1, 0.15) is 0 Å². The van der Waals surface area contributed by atoms with Gasteiger partial charge < -0.3 is 10.6 Å². The Morgan fingerprint density at radius 2 is 1.94 bits per heavy atom. The van der Waals surface area contributed by atoms with Crippen molar-refractivity contribution in [2.45, 2.75) is 12.7 Å². The molecule has 0 saturated carbocycles. The van der Waals surface area contributed by atoms with Crippen molar-refractivity contribution in [3.8, 4) is 0 Å². The van der Waals surface area contributed by atoms with Crippen LogP contribution < -0.4 is 5.73 Å². The molecule has 0 unspecified atom stereocenters. The van der Waals surface area contributed by atoms with E-state index in [1.54, 1.807) is 24.3 Å². The largest absolute Gasteiger partial charge is 0.471 e. The van der Waals surface area contributed by atoms with Gasteiger partial charge in [0.25, 0.3) is 0 Å². The van der Waals surface area contributed by atoms with Crippen molar-refractivity contribution in [3.05, 3.63) is 29.8 Å². The molecule has 16 heavy (non-hydrogen) atoms. The van der Waals surface area contributed by atoms with E-state index in [9.17, 15) is 18.0 Å². The van der Waals surface area contributed by atoms with Crippen LogP contribution in [0.15, 0.2) is 24.3 Å². The molecule has 1 aromatic carbocycles. The molecular weight excluding hydrogens is 221 g/mol. The maximum absolute atomic E-state index is 12.1. The minimum absolute atomic E-state index is 0.162. The van der Waals surface area contributed by atoms with Crippen molar-refractivity contribution < 1.29 is 18.0 Å². The molecule has 0 aliphatic carbocycles. The molecule has 0 radical (unpaired) electrons. The van der Waals surface area contributed by atoms with E-state index in [1.807, 2.05) is 0 Å². The molecule has 0 bridgehead atoms. The van der Waals surface area contributed by atoms with E-state index in [2.05, 4.69) is 0 Å². The number of alkyl halides is 3. The monoisotopic (exact) mass is 232 g/mol. The fraction of sp³-hybridized carbons (Fsp3) is 0.300. The smallest absolute Gasteiger partial charge is 0.398 e. The topological polar surface area (TPSA) is 46.3 Å². The zero-order valence-electron chi connectivity index (χ0n) is 8.58. The minimum Gasteiger partial charge on any atom is -0.398 e. The molecule has 0 saturated heterocycles. The Kier molecular flexibility index (Phi) is 3.41. The predicted molar refractivity (Wildman–Crippen MR) is 53.4 cm³/mol. The first-order chi connectivity index (χ1) is 7.32. The van der Waals surface area contributed by atoms with Gasteiger partial charge in [0, 0.05) is 19.3 Å². The standard InChI is InChI=1S/C10H11F3N2O/c1-15(9(16)10(11,12)13)6-7-4-2-3-5-8(7)14/h2-5H,6,14H2,1H3. The highest BCUT2D eigenvalue weighted by Gasteiger charge is 2.41. The lowest BCUT2D eigenvalue weighted by Gasteiger charge is -2.19. The fourth-order valence-corrected chi connectivity index (χ4v) is 1.22. The van der Waals surface area contributed by atoms with E-state index >= 15 is 0 Å². The molecule has 6 heteroatoms. The number of halogens is 3.